The highest BCUT2D eigenvalue weighted by atomic mass is 32.1. The molecule has 0 aliphatic heterocycles. The number of hydrogen-bond acceptors (Lipinski definition) is 5. The molecule has 4 rings (SSSR count). The van der Waals surface area contributed by atoms with Crippen LogP contribution in [-0.2, 0) is 25.8 Å². The summed E-state index contributed by atoms with van der Waals surface area (Å²) in [6.45, 7) is 3.92. The summed E-state index contributed by atoms with van der Waals surface area (Å²) < 4.78 is 1.80. The number of aromatic nitrogens is 3. The van der Waals surface area contributed by atoms with Crippen molar-refractivity contribution in [1.29, 1.82) is 0 Å². The standard InChI is InChI=1S/C22H28N4OS/c1-3-4-12-26-15-24-21-20(22(26)27)18-9-8-17(14-19(18)28-21)25(2)13-10-16-7-5-6-11-23-16/h5-7,11,15,17H,3-4,8-10,12-14H2,1-2H3. The Morgan fingerprint density at radius 1 is 1.32 bits per heavy atom. The summed E-state index contributed by atoms with van der Waals surface area (Å²) in [5.74, 6) is 0. The zero-order valence-corrected chi connectivity index (χ0v) is 17.5. The van der Waals surface area contributed by atoms with Gasteiger partial charge in [0, 0.05) is 42.3 Å². The first kappa shape index (κ1) is 19.3. The first-order chi connectivity index (χ1) is 13.7. The molecule has 0 saturated heterocycles. The maximum atomic E-state index is 13.0. The summed E-state index contributed by atoms with van der Waals surface area (Å²) >= 11 is 1.72. The average molecular weight is 397 g/mol. The lowest BCUT2D eigenvalue weighted by molar-refractivity contribution is 0.225. The van der Waals surface area contributed by atoms with Crippen molar-refractivity contribution in [1.82, 2.24) is 19.4 Å². The van der Waals surface area contributed by atoms with E-state index in [-0.39, 0.29) is 5.56 Å². The first-order valence-corrected chi connectivity index (χ1v) is 11.1. The molecule has 0 spiro atoms. The monoisotopic (exact) mass is 396 g/mol. The van der Waals surface area contributed by atoms with Gasteiger partial charge >= 0.3 is 0 Å². The van der Waals surface area contributed by atoms with Crippen LogP contribution in [0.4, 0.5) is 0 Å². The minimum absolute atomic E-state index is 0.151. The Morgan fingerprint density at radius 3 is 3.00 bits per heavy atom. The van der Waals surface area contributed by atoms with E-state index in [0.717, 1.165) is 67.5 Å². The zero-order chi connectivity index (χ0) is 19.5. The molecule has 0 fully saturated rings. The molecule has 5 nitrogen and oxygen atoms in total. The topological polar surface area (TPSA) is 51.0 Å². The third-order valence-corrected chi connectivity index (χ3v) is 6.99. The fraction of sp³-hybridized carbons (Fsp3) is 0.500. The van der Waals surface area contributed by atoms with Gasteiger partial charge in [0.2, 0.25) is 0 Å². The van der Waals surface area contributed by atoms with E-state index in [0.29, 0.717) is 6.04 Å². The molecular weight excluding hydrogens is 368 g/mol. The first-order valence-electron chi connectivity index (χ1n) is 10.3. The maximum Gasteiger partial charge on any atom is 0.262 e. The summed E-state index contributed by atoms with van der Waals surface area (Å²) in [6.07, 6.45) is 9.75. The van der Waals surface area contributed by atoms with E-state index in [1.54, 1.807) is 22.2 Å². The molecule has 1 aliphatic carbocycles. The second-order valence-corrected chi connectivity index (χ2v) is 8.81. The van der Waals surface area contributed by atoms with Crippen LogP contribution in [0.1, 0.15) is 42.3 Å². The molecule has 0 radical (unpaired) electrons. The van der Waals surface area contributed by atoms with E-state index < -0.39 is 0 Å². The van der Waals surface area contributed by atoms with Gasteiger partial charge in [-0.2, -0.15) is 0 Å². The van der Waals surface area contributed by atoms with Crippen molar-refractivity contribution < 1.29 is 0 Å². The van der Waals surface area contributed by atoms with Crippen molar-refractivity contribution >= 4 is 21.6 Å². The van der Waals surface area contributed by atoms with Crippen LogP contribution in [0.5, 0.6) is 0 Å². The molecule has 3 aromatic heterocycles. The fourth-order valence-corrected chi connectivity index (χ4v) is 5.32. The van der Waals surface area contributed by atoms with Crippen LogP contribution < -0.4 is 5.56 Å². The Bertz CT molecular complexity index is 995. The molecule has 3 aromatic rings. The maximum absolute atomic E-state index is 13.0. The molecule has 28 heavy (non-hydrogen) atoms. The summed E-state index contributed by atoms with van der Waals surface area (Å²) in [7, 11) is 2.21. The van der Waals surface area contributed by atoms with Crippen LogP contribution in [0.15, 0.2) is 35.5 Å². The van der Waals surface area contributed by atoms with Crippen LogP contribution in [0.3, 0.4) is 0 Å². The number of hydrogen-bond donors (Lipinski definition) is 0. The molecule has 0 amide bonds. The number of unbranched alkanes of at least 4 members (excludes halogenated alkanes) is 1. The molecule has 6 heteroatoms. The molecule has 148 valence electrons. The van der Waals surface area contributed by atoms with Gasteiger partial charge in [-0.15, -0.1) is 11.3 Å². The van der Waals surface area contributed by atoms with Crippen LogP contribution in [0.2, 0.25) is 0 Å². The number of pyridine rings is 1. The predicted octanol–water partition coefficient (Wildman–Crippen LogP) is 3.68. The molecule has 0 bridgehead atoms. The van der Waals surface area contributed by atoms with Crippen LogP contribution in [0.25, 0.3) is 10.2 Å². The largest absolute Gasteiger partial charge is 0.303 e. The Morgan fingerprint density at radius 2 is 2.21 bits per heavy atom. The molecule has 0 aromatic carbocycles. The molecule has 1 aliphatic rings. The van der Waals surface area contributed by atoms with E-state index in [2.05, 4.69) is 34.9 Å². The van der Waals surface area contributed by atoms with Crippen molar-refractivity contribution in [3.8, 4) is 0 Å². The summed E-state index contributed by atoms with van der Waals surface area (Å²) in [5, 5.41) is 0.883. The van der Waals surface area contributed by atoms with Gasteiger partial charge < -0.3 is 4.90 Å². The van der Waals surface area contributed by atoms with E-state index in [9.17, 15) is 4.79 Å². The molecular formula is C22H28N4OS. The van der Waals surface area contributed by atoms with Gasteiger partial charge in [0.1, 0.15) is 4.83 Å². The van der Waals surface area contributed by atoms with E-state index in [1.165, 1.54) is 10.4 Å². The number of thiophene rings is 1. The zero-order valence-electron chi connectivity index (χ0n) is 16.7. The van der Waals surface area contributed by atoms with Gasteiger partial charge in [0.15, 0.2) is 0 Å². The van der Waals surface area contributed by atoms with Crippen LogP contribution in [0, 0.1) is 0 Å². The summed E-state index contributed by atoms with van der Waals surface area (Å²) in [4.78, 5) is 26.7. The highest BCUT2D eigenvalue weighted by Crippen LogP contribution is 2.34. The number of fused-ring (bicyclic) bond motifs is 3. The lowest BCUT2D eigenvalue weighted by Crippen LogP contribution is -2.37. The summed E-state index contributed by atoms with van der Waals surface area (Å²) in [5.41, 5.74) is 2.56. The predicted molar refractivity (Wildman–Crippen MR) is 115 cm³/mol. The third kappa shape index (κ3) is 3.89. The Labute approximate surface area is 170 Å². The van der Waals surface area contributed by atoms with Crippen molar-refractivity contribution in [2.75, 3.05) is 13.6 Å². The fourth-order valence-electron chi connectivity index (χ4n) is 4.07. The minimum Gasteiger partial charge on any atom is -0.303 e. The van der Waals surface area contributed by atoms with Gasteiger partial charge in [-0.25, -0.2) is 4.98 Å². The quantitative estimate of drug-likeness (QED) is 0.611. The highest BCUT2D eigenvalue weighted by Gasteiger charge is 2.27. The smallest absolute Gasteiger partial charge is 0.262 e. The number of nitrogens with zero attached hydrogens (tertiary/aromatic N) is 4. The second kappa shape index (κ2) is 8.53. The Balaban J connectivity index is 1.50. The lowest BCUT2D eigenvalue weighted by atomic mass is 9.92. The Kier molecular flexibility index (Phi) is 5.87. The molecule has 0 saturated carbocycles. The molecule has 1 atom stereocenters. The lowest BCUT2D eigenvalue weighted by Gasteiger charge is -2.31. The van der Waals surface area contributed by atoms with E-state index >= 15 is 0 Å². The van der Waals surface area contributed by atoms with Gasteiger partial charge in [0.05, 0.1) is 11.7 Å². The van der Waals surface area contributed by atoms with Gasteiger partial charge in [-0.1, -0.05) is 19.4 Å². The SMILES string of the molecule is CCCCn1cnc2sc3c(c2c1=O)CCC(N(C)CCc1ccccn1)C3. The normalized spacial score (nSPS) is 16.6. The molecule has 0 N–H and O–H groups in total. The van der Waals surface area contributed by atoms with E-state index in [1.807, 2.05) is 18.3 Å². The number of rotatable bonds is 7. The van der Waals surface area contributed by atoms with Crippen LogP contribution in [-0.4, -0.2) is 39.1 Å². The van der Waals surface area contributed by atoms with Crippen molar-refractivity contribution in [2.24, 2.45) is 0 Å². The summed E-state index contributed by atoms with van der Waals surface area (Å²) in [6, 6.07) is 6.62. The number of likely N-dealkylation sites (N-methyl/N-ethyl adjacent to an activating group) is 1. The third-order valence-electron chi connectivity index (χ3n) is 5.83. The van der Waals surface area contributed by atoms with Gasteiger partial charge in [-0.3, -0.25) is 14.3 Å². The van der Waals surface area contributed by atoms with Crippen LogP contribution >= 0.6 is 11.3 Å². The van der Waals surface area contributed by atoms with E-state index in [4.69, 9.17) is 0 Å². The van der Waals surface area contributed by atoms with Crippen molar-refractivity contribution in [2.45, 2.75) is 58.0 Å². The van der Waals surface area contributed by atoms with Crippen molar-refractivity contribution in [3.05, 3.63) is 57.2 Å². The second-order valence-electron chi connectivity index (χ2n) is 7.73. The van der Waals surface area contributed by atoms with Crippen molar-refractivity contribution in [3.63, 3.8) is 0 Å². The number of aryl methyl sites for hydroxylation is 2. The Hall–Kier alpha value is -2.05. The molecule has 3 heterocycles. The van der Waals surface area contributed by atoms with Gasteiger partial charge in [0.25, 0.3) is 5.56 Å². The highest BCUT2D eigenvalue weighted by molar-refractivity contribution is 7.18. The molecule has 1 unspecified atom stereocenters. The van der Waals surface area contributed by atoms with Gasteiger partial charge in [-0.05, 0) is 50.4 Å². The average Bonchev–Trinajstić information content (AvgIpc) is 3.10. The minimum atomic E-state index is 0.151.